The van der Waals surface area contributed by atoms with Crippen molar-refractivity contribution >= 4 is 23.2 Å². The summed E-state index contributed by atoms with van der Waals surface area (Å²) in [5, 5.41) is -0.562. The molecule has 0 N–H and O–H groups in total. The monoisotopic (exact) mass is 313 g/mol. The van der Waals surface area contributed by atoms with Crippen LogP contribution in [-0.2, 0) is 0 Å². The predicted octanol–water partition coefficient (Wildman–Crippen LogP) is 4.75. The highest BCUT2D eigenvalue weighted by Crippen LogP contribution is 2.35. The minimum atomic E-state index is -2.24. The van der Waals surface area contributed by atoms with Crippen molar-refractivity contribution in [2.75, 3.05) is 0 Å². The number of hydrogen-bond donors (Lipinski definition) is 0. The van der Waals surface area contributed by atoms with Gasteiger partial charge in [0, 0.05) is 5.56 Å². The molecule has 0 radical (unpaired) electrons. The zero-order valence-electron chi connectivity index (χ0n) is 8.75. The average molecular weight is 314 g/mol. The third-order valence-electron chi connectivity index (χ3n) is 2.29. The summed E-state index contributed by atoms with van der Waals surface area (Å²) < 4.78 is 66.0. The van der Waals surface area contributed by atoms with Crippen LogP contribution in [0, 0.1) is 29.1 Å². The Kier molecular flexibility index (Phi) is 3.64. The summed E-state index contributed by atoms with van der Waals surface area (Å²) in [4.78, 5) is 3.47. The second-order valence-corrected chi connectivity index (χ2v) is 4.16. The van der Waals surface area contributed by atoms with Gasteiger partial charge in [0.15, 0.2) is 23.3 Å². The van der Waals surface area contributed by atoms with E-state index < -0.39 is 45.4 Å². The van der Waals surface area contributed by atoms with Crippen molar-refractivity contribution in [1.82, 2.24) is 4.98 Å². The topological polar surface area (TPSA) is 12.9 Å². The van der Waals surface area contributed by atoms with Gasteiger partial charge in [-0.25, -0.2) is 26.9 Å². The van der Waals surface area contributed by atoms with Gasteiger partial charge in [-0.2, -0.15) is 0 Å². The first-order chi connectivity index (χ1) is 8.84. The molecule has 0 aliphatic carbocycles. The van der Waals surface area contributed by atoms with Gasteiger partial charge < -0.3 is 0 Å². The Morgan fingerprint density at radius 3 is 1.68 bits per heavy atom. The molecule has 8 heteroatoms. The highest BCUT2D eigenvalue weighted by molar-refractivity contribution is 6.34. The highest BCUT2D eigenvalue weighted by Gasteiger charge is 2.27. The van der Waals surface area contributed by atoms with E-state index in [4.69, 9.17) is 23.2 Å². The van der Waals surface area contributed by atoms with E-state index >= 15 is 0 Å². The van der Waals surface area contributed by atoms with Gasteiger partial charge >= 0.3 is 0 Å². The van der Waals surface area contributed by atoms with Crippen molar-refractivity contribution in [3.05, 3.63) is 51.5 Å². The van der Waals surface area contributed by atoms with Crippen LogP contribution in [0.2, 0.25) is 10.3 Å². The Morgan fingerprint density at radius 1 is 0.737 bits per heavy atom. The molecule has 100 valence electrons. The number of aromatic nitrogens is 1. The van der Waals surface area contributed by atoms with E-state index in [0.29, 0.717) is 0 Å². The number of pyridine rings is 1. The van der Waals surface area contributed by atoms with E-state index in [2.05, 4.69) is 4.98 Å². The van der Waals surface area contributed by atoms with Crippen molar-refractivity contribution in [3.8, 4) is 11.1 Å². The molecule has 0 aliphatic heterocycles. The maximum Gasteiger partial charge on any atom is 0.200 e. The van der Waals surface area contributed by atoms with Crippen LogP contribution in [-0.4, -0.2) is 4.98 Å². The van der Waals surface area contributed by atoms with Crippen LogP contribution < -0.4 is 0 Å². The number of hydrogen-bond acceptors (Lipinski definition) is 1. The summed E-state index contributed by atoms with van der Waals surface area (Å²) in [7, 11) is 0. The fraction of sp³-hybridized carbons (Fsp3) is 0. The molecular weight excluding hydrogens is 312 g/mol. The molecule has 2 rings (SSSR count). The molecule has 1 heterocycles. The largest absolute Gasteiger partial charge is 0.224 e. The van der Waals surface area contributed by atoms with Crippen LogP contribution >= 0.6 is 23.2 Å². The summed E-state index contributed by atoms with van der Waals surface area (Å²) in [6.07, 6.45) is 0. The smallest absolute Gasteiger partial charge is 0.200 e. The first-order valence-corrected chi connectivity index (χ1v) is 5.44. The van der Waals surface area contributed by atoms with Gasteiger partial charge in [-0.1, -0.05) is 23.2 Å². The minimum absolute atomic E-state index is 0.0855. The molecule has 0 saturated carbocycles. The van der Waals surface area contributed by atoms with E-state index in [-0.39, 0.29) is 5.15 Å². The first kappa shape index (κ1) is 14.0. The Hall–Kier alpha value is -1.40. The Labute approximate surface area is 113 Å². The van der Waals surface area contributed by atoms with E-state index in [9.17, 15) is 22.0 Å². The molecule has 0 bridgehead atoms. The van der Waals surface area contributed by atoms with Crippen LogP contribution in [0.4, 0.5) is 22.0 Å². The van der Waals surface area contributed by atoms with Crippen molar-refractivity contribution < 1.29 is 22.0 Å². The SMILES string of the molecule is Fc1c(F)c(F)c(-c2ccc(Cl)nc2Cl)c(F)c1F. The molecular formula is C11H2Cl2F5N. The van der Waals surface area contributed by atoms with Gasteiger partial charge in [-0.3, -0.25) is 0 Å². The average Bonchev–Trinajstić information content (AvgIpc) is 2.37. The third-order valence-corrected chi connectivity index (χ3v) is 2.79. The molecule has 0 atom stereocenters. The lowest BCUT2D eigenvalue weighted by molar-refractivity contribution is 0.381. The van der Waals surface area contributed by atoms with E-state index in [1.54, 1.807) is 0 Å². The molecule has 0 fully saturated rings. The molecule has 19 heavy (non-hydrogen) atoms. The molecule has 1 nitrogen and oxygen atoms in total. The Morgan fingerprint density at radius 2 is 1.21 bits per heavy atom. The van der Waals surface area contributed by atoms with Crippen LogP contribution in [0.25, 0.3) is 11.1 Å². The maximum absolute atomic E-state index is 13.5. The minimum Gasteiger partial charge on any atom is -0.224 e. The van der Waals surface area contributed by atoms with Crippen molar-refractivity contribution in [2.45, 2.75) is 0 Å². The lowest BCUT2D eigenvalue weighted by Gasteiger charge is -2.09. The fourth-order valence-corrected chi connectivity index (χ4v) is 1.88. The van der Waals surface area contributed by atoms with Crippen LogP contribution in [0.3, 0.4) is 0 Å². The predicted molar refractivity (Wildman–Crippen MR) is 59.5 cm³/mol. The van der Waals surface area contributed by atoms with Gasteiger partial charge in [0.2, 0.25) is 5.82 Å². The molecule has 0 spiro atoms. The van der Waals surface area contributed by atoms with Crippen LogP contribution in [0.1, 0.15) is 0 Å². The van der Waals surface area contributed by atoms with Crippen molar-refractivity contribution in [2.24, 2.45) is 0 Å². The van der Waals surface area contributed by atoms with Crippen molar-refractivity contribution in [3.63, 3.8) is 0 Å². The van der Waals surface area contributed by atoms with Crippen molar-refractivity contribution in [1.29, 1.82) is 0 Å². The van der Waals surface area contributed by atoms with Gasteiger partial charge in [0.05, 0.1) is 5.56 Å². The summed E-state index contributed by atoms with van der Waals surface area (Å²) >= 11 is 11.1. The van der Waals surface area contributed by atoms with E-state index in [0.717, 1.165) is 12.1 Å². The normalized spacial score (nSPS) is 10.9. The first-order valence-electron chi connectivity index (χ1n) is 4.68. The lowest BCUT2D eigenvalue weighted by atomic mass is 10.1. The Balaban J connectivity index is 2.83. The van der Waals surface area contributed by atoms with E-state index in [1.165, 1.54) is 0 Å². The molecule has 1 aromatic carbocycles. The second kappa shape index (κ2) is 4.94. The summed E-state index contributed by atoms with van der Waals surface area (Å²) in [5.41, 5.74) is -1.59. The summed E-state index contributed by atoms with van der Waals surface area (Å²) in [6.45, 7) is 0. The van der Waals surface area contributed by atoms with Gasteiger partial charge in [0.25, 0.3) is 0 Å². The lowest BCUT2D eigenvalue weighted by Crippen LogP contribution is -2.04. The van der Waals surface area contributed by atoms with Crippen LogP contribution in [0.5, 0.6) is 0 Å². The number of benzene rings is 1. The van der Waals surface area contributed by atoms with Gasteiger partial charge in [0.1, 0.15) is 10.3 Å². The molecule has 0 amide bonds. The Bertz CT molecular complexity index is 646. The van der Waals surface area contributed by atoms with Crippen LogP contribution in [0.15, 0.2) is 12.1 Å². The second-order valence-electron chi connectivity index (χ2n) is 3.42. The third kappa shape index (κ3) is 2.26. The van der Waals surface area contributed by atoms with Gasteiger partial charge in [-0.15, -0.1) is 0 Å². The summed E-state index contributed by atoms with van der Waals surface area (Å²) in [5.74, 6) is -10.3. The quantitative estimate of drug-likeness (QED) is 0.320. The fourth-order valence-electron chi connectivity index (χ4n) is 1.44. The molecule has 2 aromatic rings. The molecule has 1 aromatic heterocycles. The van der Waals surface area contributed by atoms with E-state index in [1.807, 2.05) is 0 Å². The number of rotatable bonds is 1. The van der Waals surface area contributed by atoms with Gasteiger partial charge in [-0.05, 0) is 12.1 Å². The number of nitrogens with zero attached hydrogens (tertiary/aromatic N) is 1. The zero-order chi connectivity index (χ0) is 14.3. The standard InChI is InChI=1S/C11H2Cl2F5N/c12-4-2-1-3(11(13)19-4)5-6(14)8(16)10(18)9(17)7(5)15/h1-2H. The summed E-state index contributed by atoms with van der Waals surface area (Å²) in [6, 6.07) is 2.12. The molecule has 0 aliphatic rings. The molecule has 0 unspecified atom stereocenters. The maximum atomic E-state index is 13.5. The number of halogens is 7. The molecule has 0 saturated heterocycles. The highest BCUT2D eigenvalue weighted by atomic mass is 35.5. The zero-order valence-corrected chi connectivity index (χ0v) is 10.3.